The molecular formula is C14H16N2O2S. The highest BCUT2D eigenvalue weighted by molar-refractivity contribution is 7.99. The van der Waals surface area contributed by atoms with Gasteiger partial charge in [0.2, 0.25) is 0 Å². The van der Waals surface area contributed by atoms with Gasteiger partial charge in [-0.2, -0.15) is 0 Å². The summed E-state index contributed by atoms with van der Waals surface area (Å²) >= 11 is 1.64. The Hall–Kier alpha value is -1.90. The fraction of sp³-hybridized carbons (Fsp3) is 0.214. The van der Waals surface area contributed by atoms with Crippen LogP contribution in [-0.4, -0.2) is 28.6 Å². The number of hydrogen-bond donors (Lipinski definition) is 2. The van der Waals surface area contributed by atoms with E-state index in [2.05, 4.69) is 11.8 Å². The number of hydrogen-bond acceptors (Lipinski definition) is 3. The molecule has 0 fully saturated rings. The van der Waals surface area contributed by atoms with Crippen molar-refractivity contribution < 1.29 is 10.0 Å². The number of nitrogens with two attached hydrogens (primary N) is 1. The maximum Gasteiger partial charge on any atom is 0.338 e. The number of urea groups is 1. The van der Waals surface area contributed by atoms with Gasteiger partial charge in [-0.25, -0.2) is 9.86 Å². The molecular weight excluding hydrogens is 260 g/mol. The summed E-state index contributed by atoms with van der Waals surface area (Å²) < 4.78 is 0. The van der Waals surface area contributed by atoms with Gasteiger partial charge in [-0.15, -0.1) is 17.7 Å². The monoisotopic (exact) mass is 276 g/mol. The second-order valence-corrected chi connectivity index (χ2v) is 4.59. The quantitative estimate of drug-likeness (QED) is 0.376. The predicted molar refractivity (Wildman–Crippen MR) is 77.7 cm³/mol. The van der Waals surface area contributed by atoms with Crippen LogP contribution in [0, 0.1) is 11.8 Å². The lowest BCUT2D eigenvalue weighted by Crippen LogP contribution is -2.32. The SMILES string of the molecule is CC#CCSc1ccccc1C=CCN(O)C(N)=O. The molecule has 0 aliphatic carbocycles. The molecule has 5 heteroatoms. The van der Waals surface area contributed by atoms with Crippen molar-refractivity contribution in [2.75, 3.05) is 12.3 Å². The number of primary amides is 1. The number of rotatable bonds is 5. The minimum absolute atomic E-state index is 0.0586. The fourth-order valence-corrected chi connectivity index (χ4v) is 2.15. The van der Waals surface area contributed by atoms with Crippen LogP contribution in [-0.2, 0) is 0 Å². The zero-order valence-electron chi connectivity index (χ0n) is 10.7. The molecule has 0 heterocycles. The Morgan fingerprint density at radius 3 is 2.95 bits per heavy atom. The molecule has 1 aromatic rings. The van der Waals surface area contributed by atoms with Crippen LogP contribution in [0.5, 0.6) is 0 Å². The summed E-state index contributed by atoms with van der Waals surface area (Å²) in [5.41, 5.74) is 5.93. The van der Waals surface area contributed by atoms with Crippen molar-refractivity contribution in [3.63, 3.8) is 0 Å². The highest BCUT2D eigenvalue weighted by Crippen LogP contribution is 2.23. The molecule has 3 N–H and O–H groups in total. The Bertz CT molecular complexity index is 518. The molecule has 0 radical (unpaired) electrons. The number of nitrogens with zero attached hydrogens (tertiary/aromatic N) is 1. The van der Waals surface area contributed by atoms with Gasteiger partial charge in [0.1, 0.15) is 0 Å². The van der Waals surface area contributed by atoms with E-state index in [0.717, 1.165) is 16.2 Å². The molecule has 19 heavy (non-hydrogen) atoms. The summed E-state index contributed by atoms with van der Waals surface area (Å²) in [7, 11) is 0. The number of thioether (sulfide) groups is 1. The Morgan fingerprint density at radius 1 is 1.53 bits per heavy atom. The zero-order valence-corrected chi connectivity index (χ0v) is 11.5. The van der Waals surface area contributed by atoms with Gasteiger partial charge >= 0.3 is 6.03 Å². The first-order valence-electron chi connectivity index (χ1n) is 5.69. The molecule has 0 atom stereocenters. The molecule has 2 amide bonds. The van der Waals surface area contributed by atoms with Crippen molar-refractivity contribution in [1.29, 1.82) is 0 Å². The lowest BCUT2D eigenvalue weighted by molar-refractivity contribution is -0.0286. The van der Waals surface area contributed by atoms with Gasteiger partial charge < -0.3 is 5.73 Å². The lowest BCUT2D eigenvalue weighted by Gasteiger charge is -2.08. The smallest absolute Gasteiger partial charge is 0.338 e. The first-order valence-corrected chi connectivity index (χ1v) is 6.67. The molecule has 0 bridgehead atoms. The first-order chi connectivity index (χ1) is 9.15. The maximum atomic E-state index is 10.6. The lowest BCUT2D eigenvalue weighted by atomic mass is 10.2. The van der Waals surface area contributed by atoms with Gasteiger partial charge in [0, 0.05) is 4.90 Å². The molecule has 0 unspecified atom stereocenters. The van der Waals surface area contributed by atoms with E-state index in [9.17, 15) is 4.79 Å². The molecule has 0 spiro atoms. The van der Waals surface area contributed by atoms with Gasteiger partial charge in [-0.05, 0) is 18.6 Å². The summed E-state index contributed by atoms with van der Waals surface area (Å²) in [4.78, 5) is 11.7. The van der Waals surface area contributed by atoms with E-state index in [4.69, 9.17) is 10.9 Å². The van der Waals surface area contributed by atoms with E-state index in [0.29, 0.717) is 5.06 Å². The highest BCUT2D eigenvalue weighted by atomic mass is 32.2. The molecule has 0 aromatic heterocycles. The molecule has 0 saturated carbocycles. The molecule has 0 aliphatic heterocycles. The number of carbonyl (C=O) groups excluding carboxylic acids is 1. The number of amides is 2. The topological polar surface area (TPSA) is 66.6 Å². The van der Waals surface area contributed by atoms with Crippen molar-refractivity contribution in [3.8, 4) is 11.8 Å². The van der Waals surface area contributed by atoms with Crippen LogP contribution in [0.15, 0.2) is 35.2 Å². The van der Waals surface area contributed by atoms with E-state index in [-0.39, 0.29) is 6.54 Å². The average molecular weight is 276 g/mol. The number of carbonyl (C=O) groups is 1. The second kappa shape index (κ2) is 8.25. The third-order valence-electron chi connectivity index (χ3n) is 2.23. The van der Waals surface area contributed by atoms with Crippen molar-refractivity contribution >= 4 is 23.9 Å². The van der Waals surface area contributed by atoms with Crippen LogP contribution in [0.2, 0.25) is 0 Å². The minimum Gasteiger partial charge on any atom is -0.350 e. The van der Waals surface area contributed by atoms with Gasteiger partial charge in [-0.3, -0.25) is 5.21 Å². The largest absolute Gasteiger partial charge is 0.350 e. The van der Waals surface area contributed by atoms with Crippen LogP contribution in [0.4, 0.5) is 4.79 Å². The van der Waals surface area contributed by atoms with Crippen molar-refractivity contribution in [3.05, 3.63) is 35.9 Å². The van der Waals surface area contributed by atoms with E-state index in [1.165, 1.54) is 0 Å². The highest BCUT2D eigenvalue weighted by Gasteiger charge is 2.02. The standard InChI is InChI=1S/C14H16N2O2S/c1-2-3-11-19-13-9-5-4-7-12(13)8-6-10-16(18)14(15)17/h4-9,18H,10-11H2,1H3,(H2,15,17). The van der Waals surface area contributed by atoms with Crippen molar-refractivity contribution in [1.82, 2.24) is 5.06 Å². The maximum absolute atomic E-state index is 10.6. The van der Waals surface area contributed by atoms with Crippen molar-refractivity contribution in [2.45, 2.75) is 11.8 Å². The van der Waals surface area contributed by atoms with Crippen LogP contribution < -0.4 is 5.73 Å². The van der Waals surface area contributed by atoms with Crippen LogP contribution >= 0.6 is 11.8 Å². The number of benzene rings is 1. The average Bonchev–Trinajstić information content (AvgIpc) is 2.40. The molecule has 4 nitrogen and oxygen atoms in total. The third kappa shape index (κ3) is 5.51. The third-order valence-corrected chi connectivity index (χ3v) is 3.20. The summed E-state index contributed by atoms with van der Waals surface area (Å²) in [6, 6.07) is 6.99. The zero-order chi connectivity index (χ0) is 14.1. The fourth-order valence-electron chi connectivity index (χ4n) is 1.31. The van der Waals surface area contributed by atoms with Gasteiger partial charge in [0.25, 0.3) is 0 Å². The van der Waals surface area contributed by atoms with Gasteiger partial charge in [-0.1, -0.05) is 36.3 Å². The Labute approximate surface area is 117 Å². The van der Waals surface area contributed by atoms with E-state index in [1.807, 2.05) is 37.3 Å². The number of hydroxylamine groups is 2. The van der Waals surface area contributed by atoms with Crippen LogP contribution in [0.25, 0.3) is 6.08 Å². The van der Waals surface area contributed by atoms with E-state index < -0.39 is 6.03 Å². The molecule has 0 saturated heterocycles. The Balaban J connectivity index is 2.68. The summed E-state index contributed by atoms with van der Waals surface area (Å²) in [6.45, 7) is 1.87. The van der Waals surface area contributed by atoms with E-state index >= 15 is 0 Å². The minimum atomic E-state index is -0.870. The Morgan fingerprint density at radius 2 is 2.26 bits per heavy atom. The molecule has 1 rings (SSSR count). The second-order valence-electron chi connectivity index (χ2n) is 3.58. The summed E-state index contributed by atoms with van der Waals surface area (Å²) in [6.07, 6.45) is 3.52. The van der Waals surface area contributed by atoms with Gasteiger partial charge in [0.15, 0.2) is 0 Å². The summed E-state index contributed by atoms with van der Waals surface area (Å²) in [5, 5.41) is 9.58. The molecule has 100 valence electrons. The van der Waals surface area contributed by atoms with Crippen molar-refractivity contribution in [2.24, 2.45) is 5.73 Å². The summed E-state index contributed by atoms with van der Waals surface area (Å²) in [5.74, 6) is 6.57. The van der Waals surface area contributed by atoms with Gasteiger partial charge in [0.05, 0.1) is 12.3 Å². The normalized spacial score (nSPS) is 10.0. The molecule has 1 aromatic carbocycles. The van der Waals surface area contributed by atoms with Crippen LogP contribution in [0.1, 0.15) is 12.5 Å². The Kier molecular flexibility index (Phi) is 6.58. The van der Waals surface area contributed by atoms with E-state index in [1.54, 1.807) is 17.8 Å². The first kappa shape index (κ1) is 15.2. The van der Waals surface area contributed by atoms with Crippen LogP contribution in [0.3, 0.4) is 0 Å². The predicted octanol–water partition coefficient (Wildman–Crippen LogP) is 2.59. The molecule has 0 aliphatic rings.